The summed E-state index contributed by atoms with van der Waals surface area (Å²) in [5.41, 5.74) is 8.92. The Hall–Kier alpha value is -1.72. The molecule has 3 nitrogen and oxygen atoms in total. The highest BCUT2D eigenvalue weighted by Crippen LogP contribution is 2.30. The zero-order chi connectivity index (χ0) is 13.9. The molecule has 2 heterocycles. The number of oxazole rings is 1. The van der Waals surface area contributed by atoms with Gasteiger partial charge in [-0.15, -0.1) is 23.1 Å². The molecule has 0 saturated carbocycles. The van der Waals surface area contributed by atoms with Crippen LogP contribution in [0.1, 0.15) is 11.3 Å². The van der Waals surface area contributed by atoms with Gasteiger partial charge in [-0.3, -0.25) is 0 Å². The molecule has 102 valence electrons. The molecule has 3 rings (SSSR count). The largest absolute Gasteiger partial charge is 0.444 e. The van der Waals surface area contributed by atoms with Crippen LogP contribution in [0.25, 0.3) is 10.8 Å². The number of nitrogens with zero attached hydrogens (tertiary/aromatic N) is 1. The van der Waals surface area contributed by atoms with Crippen LogP contribution >= 0.6 is 23.1 Å². The molecule has 0 spiro atoms. The van der Waals surface area contributed by atoms with Crippen molar-refractivity contribution in [2.45, 2.75) is 17.6 Å². The zero-order valence-corrected chi connectivity index (χ0v) is 12.6. The van der Waals surface area contributed by atoms with Gasteiger partial charge >= 0.3 is 0 Å². The summed E-state index contributed by atoms with van der Waals surface area (Å²) in [5.74, 6) is 1.44. The molecule has 0 aliphatic heterocycles. The molecule has 3 aromatic rings. The molecule has 20 heavy (non-hydrogen) atoms. The van der Waals surface area contributed by atoms with Crippen LogP contribution in [0.2, 0.25) is 0 Å². The number of hydrogen-bond donors (Lipinski definition) is 1. The van der Waals surface area contributed by atoms with E-state index in [9.17, 15) is 0 Å². The summed E-state index contributed by atoms with van der Waals surface area (Å²) in [6.07, 6.45) is 1.72. The molecule has 5 heteroatoms. The number of rotatable bonds is 4. The second-order valence-electron chi connectivity index (χ2n) is 4.45. The molecular formula is C15H14N2OS2. The first kappa shape index (κ1) is 13.3. The summed E-state index contributed by atoms with van der Waals surface area (Å²) in [7, 11) is 0. The lowest BCUT2D eigenvalue weighted by Crippen LogP contribution is -1.90. The number of thiophene rings is 1. The molecule has 0 amide bonds. The second kappa shape index (κ2) is 5.73. The average Bonchev–Trinajstić information content (AvgIpc) is 3.09. The van der Waals surface area contributed by atoms with Crippen LogP contribution < -0.4 is 5.73 Å². The van der Waals surface area contributed by atoms with Crippen LogP contribution in [0.5, 0.6) is 0 Å². The number of nitrogens with two attached hydrogens (primary N) is 1. The number of thioether (sulfide) groups is 1. The van der Waals surface area contributed by atoms with Gasteiger partial charge in [-0.05, 0) is 36.1 Å². The third-order valence-corrected chi connectivity index (χ3v) is 4.79. The monoisotopic (exact) mass is 302 g/mol. The predicted octanol–water partition coefficient (Wildman–Crippen LogP) is 4.59. The number of hydrogen-bond acceptors (Lipinski definition) is 5. The van der Waals surface area contributed by atoms with Crippen molar-refractivity contribution in [2.75, 3.05) is 5.73 Å². The highest BCUT2D eigenvalue weighted by atomic mass is 32.2. The highest BCUT2D eigenvalue weighted by Gasteiger charge is 2.08. The number of anilines is 1. The van der Waals surface area contributed by atoms with Crippen molar-refractivity contribution in [3.63, 3.8) is 0 Å². The average molecular weight is 302 g/mol. The number of aryl methyl sites for hydroxylation is 1. The Labute approximate surface area is 125 Å². The zero-order valence-electron chi connectivity index (χ0n) is 11.0. The summed E-state index contributed by atoms with van der Waals surface area (Å²) in [4.78, 5) is 6.64. The molecule has 0 fully saturated rings. The van der Waals surface area contributed by atoms with Gasteiger partial charge in [0, 0.05) is 16.3 Å². The number of nitrogen functional groups attached to an aromatic ring is 1. The van der Waals surface area contributed by atoms with Crippen LogP contribution in [0.15, 0.2) is 51.3 Å². The molecule has 0 bridgehead atoms. The normalized spacial score (nSPS) is 10.8. The van der Waals surface area contributed by atoms with Gasteiger partial charge in [0.2, 0.25) is 5.89 Å². The Balaban J connectivity index is 1.71. The fraction of sp³-hybridized carbons (Fsp3) is 0.133. The van der Waals surface area contributed by atoms with Gasteiger partial charge in [-0.2, -0.15) is 0 Å². The third kappa shape index (κ3) is 2.89. The standard InChI is InChI=1S/C15H14N2OS2/c1-10-4-5-12(16)14(7-10)20-9-11-8-18-15(17-11)13-3-2-6-19-13/h2-8H,9,16H2,1H3. The minimum absolute atomic E-state index is 0.688. The Morgan fingerprint density at radius 3 is 3.05 bits per heavy atom. The first-order chi connectivity index (χ1) is 9.72. The van der Waals surface area contributed by atoms with Gasteiger partial charge < -0.3 is 10.2 Å². The first-order valence-corrected chi connectivity index (χ1v) is 8.06. The van der Waals surface area contributed by atoms with Crippen molar-refractivity contribution in [1.82, 2.24) is 4.98 Å². The van der Waals surface area contributed by atoms with E-state index in [-0.39, 0.29) is 0 Å². The maximum absolute atomic E-state index is 5.97. The number of aromatic nitrogens is 1. The van der Waals surface area contributed by atoms with Gasteiger partial charge in [0.05, 0.1) is 10.6 Å². The Morgan fingerprint density at radius 1 is 1.35 bits per heavy atom. The Morgan fingerprint density at radius 2 is 2.25 bits per heavy atom. The quantitative estimate of drug-likeness (QED) is 0.566. The molecule has 0 unspecified atom stereocenters. The van der Waals surface area contributed by atoms with E-state index >= 15 is 0 Å². The summed E-state index contributed by atoms with van der Waals surface area (Å²) in [6, 6.07) is 10.1. The van der Waals surface area contributed by atoms with E-state index in [2.05, 4.69) is 18.0 Å². The molecule has 2 aromatic heterocycles. The third-order valence-electron chi connectivity index (χ3n) is 2.83. The molecule has 0 radical (unpaired) electrons. The number of benzene rings is 1. The van der Waals surface area contributed by atoms with Crippen LogP contribution in [0, 0.1) is 6.92 Å². The molecular weight excluding hydrogens is 288 g/mol. The van der Waals surface area contributed by atoms with Crippen molar-refractivity contribution in [1.29, 1.82) is 0 Å². The predicted molar refractivity (Wildman–Crippen MR) is 85.0 cm³/mol. The molecule has 0 aliphatic carbocycles. The van der Waals surface area contributed by atoms with Crippen molar-refractivity contribution in [3.8, 4) is 10.8 Å². The van der Waals surface area contributed by atoms with Crippen molar-refractivity contribution in [2.24, 2.45) is 0 Å². The van der Waals surface area contributed by atoms with Crippen LogP contribution in [0.3, 0.4) is 0 Å². The van der Waals surface area contributed by atoms with E-state index in [1.165, 1.54) is 5.56 Å². The lowest BCUT2D eigenvalue weighted by molar-refractivity contribution is 0.575. The van der Waals surface area contributed by atoms with Crippen molar-refractivity contribution < 1.29 is 4.42 Å². The minimum atomic E-state index is 0.688. The van der Waals surface area contributed by atoms with E-state index in [4.69, 9.17) is 10.2 Å². The van der Waals surface area contributed by atoms with E-state index in [1.54, 1.807) is 29.4 Å². The second-order valence-corrected chi connectivity index (χ2v) is 6.42. The van der Waals surface area contributed by atoms with E-state index in [0.29, 0.717) is 5.89 Å². The van der Waals surface area contributed by atoms with Crippen LogP contribution in [-0.4, -0.2) is 4.98 Å². The fourth-order valence-electron chi connectivity index (χ4n) is 1.80. The maximum Gasteiger partial charge on any atom is 0.236 e. The van der Waals surface area contributed by atoms with Gasteiger partial charge in [-0.1, -0.05) is 12.1 Å². The lowest BCUT2D eigenvalue weighted by Gasteiger charge is -2.04. The molecule has 0 atom stereocenters. The SMILES string of the molecule is Cc1ccc(N)c(SCc2coc(-c3cccs3)n2)c1. The Bertz CT molecular complexity index is 704. The van der Waals surface area contributed by atoms with E-state index < -0.39 is 0 Å². The van der Waals surface area contributed by atoms with Gasteiger partial charge in [0.15, 0.2) is 0 Å². The van der Waals surface area contributed by atoms with Gasteiger partial charge in [-0.25, -0.2) is 4.98 Å². The Kier molecular flexibility index (Phi) is 3.80. The summed E-state index contributed by atoms with van der Waals surface area (Å²) in [6.45, 7) is 2.06. The maximum atomic E-state index is 5.97. The smallest absolute Gasteiger partial charge is 0.236 e. The summed E-state index contributed by atoms with van der Waals surface area (Å²) in [5, 5.41) is 2.02. The molecule has 1 aromatic carbocycles. The van der Waals surface area contributed by atoms with Crippen LogP contribution in [0.4, 0.5) is 5.69 Å². The fourth-order valence-corrected chi connectivity index (χ4v) is 3.40. The summed E-state index contributed by atoms with van der Waals surface area (Å²) < 4.78 is 5.51. The lowest BCUT2D eigenvalue weighted by atomic mass is 10.2. The minimum Gasteiger partial charge on any atom is -0.444 e. The van der Waals surface area contributed by atoms with E-state index in [0.717, 1.165) is 26.9 Å². The highest BCUT2D eigenvalue weighted by molar-refractivity contribution is 7.98. The summed E-state index contributed by atoms with van der Waals surface area (Å²) >= 11 is 3.31. The molecule has 0 aliphatic rings. The molecule has 2 N–H and O–H groups in total. The van der Waals surface area contributed by atoms with Gasteiger partial charge in [0.1, 0.15) is 6.26 Å². The molecule has 0 saturated heterocycles. The van der Waals surface area contributed by atoms with Crippen LogP contribution in [-0.2, 0) is 5.75 Å². The van der Waals surface area contributed by atoms with Crippen molar-refractivity contribution in [3.05, 3.63) is 53.2 Å². The van der Waals surface area contributed by atoms with Crippen molar-refractivity contribution >= 4 is 28.8 Å². The topological polar surface area (TPSA) is 52.0 Å². The van der Waals surface area contributed by atoms with E-state index in [1.807, 2.05) is 29.6 Å². The van der Waals surface area contributed by atoms with Gasteiger partial charge in [0.25, 0.3) is 0 Å². The first-order valence-electron chi connectivity index (χ1n) is 6.19.